The lowest BCUT2D eigenvalue weighted by molar-refractivity contribution is 0.0940. The van der Waals surface area contributed by atoms with Crippen LogP contribution < -0.4 is 10.6 Å². The fourth-order valence-corrected chi connectivity index (χ4v) is 2.15. The Morgan fingerprint density at radius 1 is 1.04 bits per heavy atom. The molecule has 1 unspecified atom stereocenters. The quantitative estimate of drug-likeness (QED) is 0.826. The van der Waals surface area contributed by atoms with Crippen molar-refractivity contribution in [1.82, 2.24) is 5.32 Å². The van der Waals surface area contributed by atoms with E-state index < -0.39 is 0 Å². The molecule has 1 amide bonds. The van der Waals surface area contributed by atoms with E-state index >= 15 is 0 Å². The van der Waals surface area contributed by atoms with E-state index in [-0.39, 0.29) is 17.5 Å². The van der Waals surface area contributed by atoms with Crippen LogP contribution in [-0.2, 0) is 0 Å². The lowest BCUT2D eigenvalue weighted by atomic mass is 10.1. The third kappa shape index (κ3) is 4.22. The first kappa shape index (κ1) is 16.8. The molecule has 2 N–H and O–H groups in total. The number of benzene rings is 2. The number of nitrogens with zero attached hydrogens (tertiary/aromatic N) is 2. The lowest BCUT2D eigenvalue weighted by Gasteiger charge is -2.16. The van der Waals surface area contributed by atoms with Crippen molar-refractivity contribution in [1.29, 1.82) is 10.5 Å². The van der Waals surface area contributed by atoms with E-state index in [2.05, 4.69) is 10.6 Å². The molecular formula is C19H16N4O. The summed E-state index contributed by atoms with van der Waals surface area (Å²) in [4.78, 5) is 12.5. The maximum absolute atomic E-state index is 12.5. The fourth-order valence-electron chi connectivity index (χ4n) is 2.15. The average molecular weight is 316 g/mol. The van der Waals surface area contributed by atoms with Gasteiger partial charge in [0.2, 0.25) is 0 Å². The summed E-state index contributed by atoms with van der Waals surface area (Å²) in [5.41, 5.74) is 1.90. The second-order valence-corrected chi connectivity index (χ2v) is 5.08. The Labute approximate surface area is 140 Å². The highest BCUT2D eigenvalue weighted by Crippen LogP contribution is 2.18. The van der Waals surface area contributed by atoms with Gasteiger partial charge in [0.25, 0.3) is 5.91 Å². The maximum atomic E-state index is 12.5. The second-order valence-electron chi connectivity index (χ2n) is 5.08. The van der Waals surface area contributed by atoms with E-state index in [4.69, 9.17) is 10.5 Å². The maximum Gasteiger partial charge on any atom is 0.253 e. The molecule has 0 fully saturated rings. The van der Waals surface area contributed by atoms with Gasteiger partial charge in [-0.3, -0.25) is 4.79 Å². The minimum absolute atomic E-state index is 0.0668. The second kappa shape index (κ2) is 8.17. The summed E-state index contributed by atoms with van der Waals surface area (Å²) in [6.45, 7) is 1.91. The molecule has 0 bridgehead atoms. The molecule has 0 saturated carbocycles. The molecule has 2 aromatic carbocycles. The van der Waals surface area contributed by atoms with Crippen molar-refractivity contribution in [3.8, 4) is 12.1 Å². The van der Waals surface area contributed by atoms with Crippen LogP contribution in [0.25, 0.3) is 0 Å². The molecule has 5 heteroatoms. The van der Waals surface area contributed by atoms with Crippen molar-refractivity contribution in [2.75, 3.05) is 5.32 Å². The number of carbonyl (C=O) groups excluding carboxylic acids is 1. The summed E-state index contributed by atoms with van der Waals surface area (Å²) in [5, 5.41) is 23.3. The van der Waals surface area contributed by atoms with Crippen LogP contribution in [0.15, 0.2) is 66.4 Å². The van der Waals surface area contributed by atoms with E-state index in [9.17, 15) is 4.79 Å². The number of para-hydroxylation sites is 1. The van der Waals surface area contributed by atoms with Crippen molar-refractivity contribution < 1.29 is 4.79 Å². The van der Waals surface area contributed by atoms with Gasteiger partial charge >= 0.3 is 0 Å². The van der Waals surface area contributed by atoms with Crippen LogP contribution in [0.2, 0.25) is 0 Å². The van der Waals surface area contributed by atoms with E-state index in [1.807, 2.05) is 37.3 Å². The van der Waals surface area contributed by atoms with E-state index in [0.717, 1.165) is 5.56 Å². The Balaban J connectivity index is 2.17. The molecule has 0 aliphatic rings. The molecule has 0 heterocycles. The molecule has 2 rings (SSSR count). The van der Waals surface area contributed by atoms with E-state index in [1.54, 1.807) is 36.4 Å². The van der Waals surface area contributed by atoms with Gasteiger partial charge in [-0.2, -0.15) is 10.5 Å². The summed E-state index contributed by atoms with van der Waals surface area (Å²) in [6.07, 6.45) is 1.28. The lowest BCUT2D eigenvalue weighted by Crippen LogP contribution is -2.27. The molecule has 24 heavy (non-hydrogen) atoms. The number of hydrogen-bond donors (Lipinski definition) is 2. The van der Waals surface area contributed by atoms with Crippen molar-refractivity contribution in [3.05, 3.63) is 77.5 Å². The first-order chi connectivity index (χ1) is 11.7. The molecule has 0 aromatic heterocycles. The summed E-state index contributed by atoms with van der Waals surface area (Å²) in [5.74, 6) is -0.238. The number of nitrogens with one attached hydrogen (secondary N) is 2. The first-order valence-electron chi connectivity index (χ1n) is 7.37. The Kier molecular flexibility index (Phi) is 5.71. The van der Waals surface area contributed by atoms with Gasteiger partial charge in [0.1, 0.15) is 17.7 Å². The number of anilines is 1. The normalized spacial score (nSPS) is 10.6. The fraction of sp³-hybridized carbons (Fsp3) is 0.105. The highest BCUT2D eigenvalue weighted by Gasteiger charge is 2.14. The molecule has 118 valence electrons. The number of rotatable bonds is 5. The molecule has 2 aromatic rings. The smallest absolute Gasteiger partial charge is 0.253 e. The van der Waals surface area contributed by atoms with Gasteiger partial charge in [0, 0.05) is 6.20 Å². The number of hydrogen-bond acceptors (Lipinski definition) is 4. The Morgan fingerprint density at radius 2 is 1.67 bits per heavy atom. The zero-order valence-electron chi connectivity index (χ0n) is 13.2. The van der Waals surface area contributed by atoms with Gasteiger partial charge in [-0.25, -0.2) is 0 Å². The van der Waals surface area contributed by atoms with Gasteiger partial charge in [0.05, 0.1) is 17.3 Å². The molecule has 1 atom stereocenters. The number of carbonyl (C=O) groups is 1. The standard InChI is InChI=1S/C19H16N4O/c1-14(16-7-3-2-4-8-16)23-19(24)17-9-5-6-10-18(17)22-13-15(11-20)12-21/h2-10,13-14,22H,1H3,(H,23,24). The minimum atomic E-state index is -0.238. The van der Waals surface area contributed by atoms with Crippen molar-refractivity contribution in [2.45, 2.75) is 13.0 Å². The Hall–Kier alpha value is -3.57. The van der Waals surface area contributed by atoms with Gasteiger partial charge in [0.15, 0.2) is 0 Å². The number of amides is 1. The van der Waals surface area contributed by atoms with Crippen molar-refractivity contribution >= 4 is 11.6 Å². The molecule has 0 radical (unpaired) electrons. The summed E-state index contributed by atoms with van der Waals surface area (Å²) < 4.78 is 0. The van der Waals surface area contributed by atoms with Gasteiger partial charge in [-0.15, -0.1) is 0 Å². The highest BCUT2D eigenvalue weighted by molar-refractivity contribution is 6.00. The number of allylic oxidation sites excluding steroid dienone is 1. The zero-order valence-corrected chi connectivity index (χ0v) is 13.2. The third-order valence-electron chi connectivity index (χ3n) is 3.43. The molecule has 0 aliphatic carbocycles. The Morgan fingerprint density at radius 3 is 2.33 bits per heavy atom. The van der Waals surface area contributed by atoms with Gasteiger partial charge in [-0.05, 0) is 24.6 Å². The van der Waals surface area contributed by atoms with Crippen LogP contribution in [0.3, 0.4) is 0 Å². The van der Waals surface area contributed by atoms with Crippen LogP contribution in [-0.4, -0.2) is 5.91 Å². The third-order valence-corrected chi connectivity index (χ3v) is 3.43. The van der Waals surface area contributed by atoms with E-state index in [1.165, 1.54) is 6.20 Å². The SMILES string of the molecule is CC(NC(=O)c1ccccc1NC=C(C#N)C#N)c1ccccc1. The zero-order chi connectivity index (χ0) is 17.4. The largest absolute Gasteiger partial charge is 0.359 e. The van der Waals surface area contributed by atoms with Crippen LogP contribution >= 0.6 is 0 Å². The summed E-state index contributed by atoms with van der Waals surface area (Å²) >= 11 is 0. The first-order valence-corrected chi connectivity index (χ1v) is 7.37. The van der Waals surface area contributed by atoms with Gasteiger partial charge in [-0.1, -0.05) is 42.5 Å². The van der Waals surface area contributed by atoms with Crippen LogP contribution in [0, 0.1) is 22.7 Å². The van der Waals surface area contributed by atoms with Crippen molar-refractivity contribution in [3.63, 3.8) is 0 Å². The van der Waals surface area contributed by atoms with Crippen LogP contribution in [0.1, 0.15) is 28.9 Å². The van der Waals surface area contributed by atoms with Crippen LogP contribution in [0.5, 0.6) is 0 Å². The Bertz CT molecular complexity index is 812. The molecule has 0 aliphatic heterocycles. The van der Waals surface area contributed by atoms with Gasteiger partial charge < -0.3 is 10.6 Å². The average Bonchev–Trinajstić information content (AvgIpc) is 2.63. The molecular weight excluding hydrogens is 300 g/mol. The minimum Gasteiger partial charge on any atom is -0.359 e. The molecule has 0 saturated heterocycles. The predicted molar refractivity (Wildman–Crippen MR) is 91.7 cm³/mol. The summed E-state index contributed by atoms with van der Waals surface area (Å²) in [6, 6.07) is 20.0. The highest BCUT2D eigenvalue weighted by atomic mass is 16.1. The molecule has 0 spiro atoms. The van der Waals surface area contributed by atoms with Crippen molar-refractivity contribution in [2.24, 2.45) is 0 Å². The monoisotopic (exact) mass is 316 g/mol. The summed E-state index contributed by atoms with van der Waals surface area (Å²) in [7, 11) is 0. The molecule has 5 nitrogen and oxygen atoms in total. The topological polar surface area (TPSA) is 88.7 Å². The van der Waals surface area contributed by atoms with Crippen LogP contribution in [0.4, 0.5) is 5.69 Å². The predicted octanol–water partition coefficient (Wildman–Crippen LogP) is 3.52. The number of nitriles is 2. The van der Waals surface area contributed by atoms with E-state index in [0.29, 0.717) is 11.3 Å².